The van der Waals surface area contributed by atoms with Gasteiger partial charge in [0.2, 0.25) is 0 Å². The molecule has 3 rings (SSSR count). The van der Waals surface area contributed by atoms with E-state index in [-0.39, 0.29) is 5.41 Å². The fraction of sp³-hybridized carbons (Fsp3) is 0.632. The highest BCUT2D eigenvalue weighted by Gasteiger charge is 2.46. The Kier molecular flexibility index (Phi) is 4.05. The summed E-state index contributed by atoms with van der Waals surface area (Å²) >= 11 is 0. The first-order valence-electron chi connectivity index (χ1n) is 8.44. The summed E-state index contributed by atoms with van der Waals surface area (Å²) in [6.07, 6.45) is 8.74. The van der Waals surface area contributed by atoms with Crippen molar-refractivity contribution in [3.8, 4) is 5.75 Å². The van der Waals surface area contributed by atoms with Crippen LogP contribution in [0.5, 0.6) is 5.75 Å². The Morgan fingerprint density at radius 2 is 1.71 bits per heavy atom. The minimum Gasteiger partial charge on any atom is -0.508 e. The number of hydrogen-bond acceptors (Lipinski definition) is 2. The summed E-state index contributed by atoms with van der Waals surface area (Å²) < 4.78 is 0. The standard InChI is InChI=1S/C19H26O2/c1-14-4-2-3-13-19(14,15-5-9-17(20)10-6-15)16-7-11-18(21)12-8-16/h5-6,9-10,14,16,20H,2-4,7-8,11-13H2,1H3. The molecule has 2 nitrogen and oxygen atoms in total. The van der Waals surface area contributed by atoms with Crippen molar-refractivity contribution in [2.75, 3.05) is 0 Å². The molecule has 2 unspecified atom stereocenters. The number of carbonyl (C=O) groups is 1. The molecule has 0 aromatic heterocycles. The van der Waals surface area contributed by atoms with Gasteiger partial charge in [-0.25, -0.2) is 0 Å². The van der Waals surface area contributed by atoms with Gasteiger partial charge in [-0.05, 0) is 55.2 Å². The van der Waals surface area contributed by atoms with Gasteiger partial charge in [0.25, 0.3) is 0 Å². The number of aromatic hydroxyl groups is 1. The Morgan fingerprint density at radius 1 is 1.05 bits per heavy atom. The molecule has 0 amide bonds. The van der Waals surface area contributed by atoms with Crippen LogP contribution in [-0.2, 0) is 10.2 Å². The molecule has 114 valence electrons. The topological polar surface area (TPSA) is 37.3 Å². The van der Waals surface area contributed by atoms with Crippen molar-refractivity contribution < 1.29 is 9.90 Å². The zero-order valence-electron chi connectivity index (χ0n) is 13.0. The largest absolute Gasteiger partial charge is 0.508 e. The van der Waals surface area contributed by atoms with Gasteiger partial charge in [-0.2, -0.15) is 0 Å². The van der Waals surface area contributed by atoms with Gasteiger partial charge in [0, 0.05) is 18.3 Å². The van der Waals surface area contributed by atoms with Crippen LogP contribution in [0.15, 0.2) is 24.3 Å². The average molecular weight is 286 g/mol. The van der Waals surface area contributed by atoms with Gasteiger partial charge in [0.1, 0.15) is 11.5 Å². The Morgan fingerprint density at radius 3 is 2.33 bits per heavy atom. The predicted molar refractivity (Wildman–Crippen MR) is 84.4 cm³/mol. The molecule has 0 aliphatic heterocycles. The first kappa shape index (κ1) is 14.6. The molecular formula is C19H26O2. The number of carbonyl (C=O) groups excluding carboxylic acids is 1. The van der Waals surface area contributed by atoms with Gasteiger partial charge in [-0.3, -0.25) is 4.79 Å². The van der Waals surface area contributed by atoms with Crippen LogP contribution >= 0.6 is 0 Å². The van der Waals surface area contributed by atoms with Crippen LogP contribution in [0.2, 0.25) is 0 Å². The summed E-state index contributed by atoms with van der Waals surface area (Å²) in [6, 6.07) is 7.89. The molecule has 2 atom stereocenters. The predicted octanol–water partition coefficient (Wildman–Crippen LogP) is 4.60. The third-order valence-electron chi connectivity index (χ3n) is 6.03. The van der Waals surface area contributed by atoms with Gasteiger partial charge in [-0.15, -0.1) is 0 Å². The summed E-state index contributed by atoms with van der Waals surface area (Å²) in [5.74, 6) is 2.07. The molecule has 1 N–H and O–H groups in total. The maximum absolute atomic E-state index is 11.6. The summed E-state index contributed by atoms with van der Waals surface area (Å²) in [7, 11) is 0. The lowest BCUT2D eigenvalue weighted by Crippen LogP contribution is -2.45. The maximum atomic E-state index is 11.6. The van der Waals surface area contributed by atoms with Gasteiger partial charge >= 0.3 is 0 Å². The molecule has 0 spiro atoms. The minimum absolute atomic E-state index is 0.215. The van der Waals surface area contributed by atoms with Crippen LogP contribution in [0, 0.1) is 11.8 Å². The molecule has 1 aromatic carbocycles. The molecule has 2 aliphatic rings. The van der Waals surface area contributed by atoms with Crippen molar-refractivity contribution in [3.63, 3.8) is 0 Å². The molecule has 0 saturated heterocycles. The van der Waals surface area contributed by atoms with E-state index in [0.29, 0.717) is 23.4 Å². The maximum Gasteiger partial charge on any atom is 0.132 e. The van der Waals surface area contributed by atoms with Crippen molar-refractivity contribution in [1.29, 1.82) is 0 Å². The second-order valence-electron chi connectivity index (χ2n) is 7.05. The molecule has 2 saturated carbocycles. The first-order chi connectivity index (χ1) is 10.1. The molecule has 2 heteroatoms. The first-order valence-corrected chi connectivity index (χ1v) is 8.44. The zero-order valence-corrected chi connectivity index (χ0v) is 13.0. The van der Waals surface area contributed by atoms with Crippen LogP contribution in [0.1, 0.15) is 63.9 Å². The number of hydrogen-bond donors (Lipinski definition) is 1. The van der Waals surface area contributed by atoms with Crippen LogP contribution in [0.25, 0.3) is 0 Å². The zero-order chi connectivity index (χ0) is 14.9. The van der Waals surface area contributed by atoms with Crippen LogP contribution in [-0.4, -0.2) is 10.9 Å². The molecule has 2 fully saturated rings. The van der Waals surface area contributed by atoms with Crippen molar-refractivity contribution >= 4 is 5.78 Å². The van der Waals surface area contributed by atoms with Gasteiger partial charge in [-0.1, -0.05) is 31.9 Å². The van der Waals surface area contributed by atoms with Crippen molar-refractivity contribution in [2.24, 2.45) is 11.8 Å². The van der Waals surface area contributed by atoms with E-state index in [0.717, 1.165) is 25.7 Å². The molecule has 0 radical (unpaired) electrons. The molecule has 0 heterocycles. The molecule has 1 aromatic rings. The van der Waals surface area contributed by atoms with E-state index >= 15 is 0 Å². The van der Waals surface area contributed by atoms with Gasteiger partial charge in [0.05, 0.1) is 0 Å². The van der Waals surface area contributed by atoms with E-state index in [2.05, 4.69) is 19.1 Å². The lowest BCUT2D eigenvalue weighted by Gasteiger charge is -2.50. The van der Waals surface area contributed by atoms with Crippen molar-refractivity contribution in [2.45, 2.75) is 63.7 Å². The number of phenols is 1. The van der Waals surface area contributed by atoms with Crippen LogP contribution < -0.4 is 0 Å². The van der Waals surface area contributed by atoms with Crippen LogP contribution in [0.4, 0.5) is 0 Å². The second-order valence-corrected chi connectivity index (χ2v) is 7.05. The highest BCUT2D eigenvalue weighted by atomic mass is 16.3. The van der Waals surface area contributed by atoms with Crippen LogP contribution in [0.3, 0.4) is 0 Å². The lowest BCUT2D eigenvalue weighted by atomic mass is 9.54. The lowest BCUT2D eigenvalue weighted by molar-refractivity contribution is -0.121. The average Bonchev–Trinajstić information content (AvgIpc) is 2.50. The van der Waals surface area contributed by atoms with Crippen molar-refractivity contribution in [3.05, 3.63) is 29.8 Å². The van der Waals surface area contributed by atoms with E-state index in [4.69, 9.17) is 0 Å². The van der Waals surface area contributed by atoms with Gasteiger partial charge < -0.3 is 5.11 Å². The number of ketones is 1. The highest BCUT2D eigenvalue weighted by molar-refractivity contribution is 5.79. The Hall–Kier alpha value is -1.31. The fourth-order valence-corrected chi connectivity index (χ4v) is 4.87. The number of benzene rings is 1. The third kappa shape index (κ3) is 2.61. The smallest absolute Gasteiger partial charge is 0.132 e. The van der Waals surface area contributed by atoms with E-state index in [1.807, 2.05) is 12.1 Å². The minimum atomic E-state index is 0.215. The van der Waals surface area contributed by atoms with Crippen molar-refractivity contribution in [1.82, 2.24) is 0 Å². The second kappa shape index (κ2) is 5.82. The summed E-state index contributed by atoms with van der Waals surface area (Å²) in [6.45, 7) is 2.39. The summed E-state index contributed by atoms with van der Waals surface area (Å²) in [4.78, 5) is 11.6. The SMILES string of the molecule is CC1CCCCC1(c1ccc(O)cc1)C1CCC(=O)CC1. The van der Waals surface area contributed by atoms with E-state index in [1.54, 1.807) is 0 Å². The quantitative estimate of drug-likeness (QED) is 0.862. The Labute approximate surface area is 127 Å². The number of Topliss-reactive ketones (excluding diaryl/α,β-unsaturated/α-hetero) is 1. The summed E-state index contributed by atoms with van der Waals surface area (Å²) in [5, 5.41) is 9.61. The molecular weight excluding hydrogens is 260 g/mol. The number of phenolic OH excluding ortho intramolecular Hbond substituents is 1. The monoisotopic (exact) mass is 286 g/mol. The Bertz CT molecular complexity index is 495. The van der Waals surface area contributed by atoms with E-state index in [9.17, 15) is 9.90 Å². The fourth-order valence-electron chi connectivity index (χ4n) is 4.87. The molecule has 2 aliphatic carbocycles. The van der Waals surface area contributed by atoms with Gasteiger partial charge in [0.15, 0.2) is 0 Å². The molecule has 0 bridgehead atoms. The normalized spacial score (nSPS) is 31.3. The molecule has 21 heavy (non-hydrogen) atoms. The summed E-state index contributed by atoms with van der Waals surface area (Å²) in [5.41, 5.74) is 1.60. The van der Waals surface area contributed by atoms with E-state index in [1.165, 1.54) is 31.2 Å². The highest BCUT2D eigenvalue weighted by Crippen LogP contribution is 2.52. The Balaban J connectivity index is 1.98. The number of rotatable bonds is 2. The van der Waals surface area contributed by atoms with E-state index < -0.39 is 0 Å². The third-order valence-corrected chi connectivity index (χ3v) is 6.03.